The molecule has 0 bridgehead atoms. The number of aliphatic imine (C=N–C) groups is 1. The van der Waals surface area contributed by atoms with Crippen molar-refractivity contribution >= 4 is 22.8 Å². The van der Waals surface area contributed by atoms with Gasteiger partial charge in [0.2, 0.25) is 5.91 Å². The van der Waals surface area contributed by atoms with Crippen LogP contribution in [0.5, 0.6) is 0 Å². The van der Waals surface area contributed by atoms with Crippen LogP contribution in [0, 0.1) is 6.92 Å². The van der Waals surface area contributed by atoms with Crippen molar-refractivity contribution in [1.29, 1.82) is 0 Å². The van der Waals surface area contributed by atoms with Gasteiger partial charge in [-0.2, -0.15) is 5.10 Å². The molecule has 1 aromatic rings. The molecule has 7 heteroatoms. The number of nitrogens with zero attached hydrogens (tertiary/aromatic N) is 5. The predicted molar refractivity (Wildman–Crippen MR) is 88.4 cm³/mol. The molecule has 0 saturated heterocycles. The maximum absolute atomic E-state index is 12.5. The van der Waals surface area contributed by atoms with E-state index in [0.717, 1.165) is 41.8 Å². The smallest absolute Gasteiger partial charge is 0.228 e. The lowest BCUT2D eigenvalue weighted by Gasteiger charge is -2.20. The van der Waals surface area contributed by atoms with Crippen molar-refractivity contribution in [2.24, 2.45) is 4.99 Å². The molecule has 6 nitrogen and oxygen atoms in total. The van der Waals surface area contributed by atoms with Crippen molar-refractivity contribution in [2.75, 3.05) is 20.1 Å². The molecule has 118 valence electrons. The molecule has 1 aromatic heterocycles. The third-order valence-corrected chi connectivity index (χ3v) is 4.94. The molecule has 3 heterocycles. The minimum Gasteiger partial charge on any atom is -0.341 e. The zero-order valence-corrected chi connectivity index (χ0v) is 14.1. The highest BCUT2D eigenvalue weighted by Gasteiger charge is 2.28. The second-order valence-corrected chi connectivity index (χ2v) is 6.40. The largest absolute Gasteiger partial charge is 0.341 e. The van der Waals surface area contributed by atoms with Gasteiger partial charge in [0.25, 0.3) is 0 Å². The molecule has 2 aliphatic rings. The number of fused-ring (bicyclic) bond motifs is 1. The van der Waals surface area contributed by atoms with Crippen molar-refractivity contribution in [2.45, 2.75) is 33.4 Å². The lowest BCUT2D eigenvalue weighted by molar-refractivity contribution is -0.129. The minimum atomic E-state index is 0.128. The van der Waals surface area contributed by atoms with Gasteiger partial charge in [-0.3, -0.25) is 14.5 Å². The third-order valence-electron chi connectivity index (χ3n) is 3.99. The molecule has 1 amide bonds. The van der Waals surface area contributed by atoms with Crippen LogP contribution in [-0.4, -0.2) is 50.8 Å². The summed E-state index contributed by atoms with van der Waals surface area (Å²) in [6.45, 7) is 7.23. The number of carbonyl (C=O) groups is 1. The molecular weight excluding hydrogens is 298 g/mol. The zero-order valence-electron chi connectivity index (χ0n) is 13.2. The van der Waals surface area contributed by atoms with Gasteiger partial charge in [-0.25, -0.2) is 0 Å². The van der Waals surface area contributed by atoms with Crippen LogP contribution >= 0.6 is 11.8 Å². The summed E-state index contributed by atoms with van der Waals surface area (Å²) in [5.74, 6) is 0.128. The standard InChI is InChI=1S/C15H21N5OS/c1-4-19-9-12(11(2)17-19)8-18(3)14(21)7-13-10-22-15-16-5-6-20(13)15/h9-10H,4-8H2,1-3H3. The van der Waals surface area contributed by atoms with Crippen LogP contribution in [0.2, 0.25) is 0 Å². The van der Waals surface area contributed by atoms with Gasteiger partial charge in [-0.15, -0.1) is 0 Å². The number of hydrogen-bond donors (Lipinski definition) is 0. The van der Waals surface area contributed by atoms with Crippen LogP contribution in [0.1, 0.15) is 24.6 Å². The molecular formula is C15H21N5OS. The van der Waals surface area contributed by atoms with Crippen LogP contribution in [0.25, 0.3) is 0 Å². The molecule has 0 aliphatic carbocycles. The van der Waals surface area contributed by atoms with Crippen LogP contribution < -0.4 is 0 Å². The Labute approximate surface area is 134 Å². The normalized spacial score (nSPS) is 16.6. The Bertz CT molecular complexity index is 648. The van der Waals surface area contributed by atoms with Crippen molar-refractivity contribution in [3.63, 3.8) is 0 Å². The SMILES string of the molecule is CCn1cc(CN(C)C(=O)CC2=CSC3=NCCN23)c(C)n1. The average molecular weight is 319 g/mol. The predicted octanol–water partition coefficient (Wildman–Crippen LogP) is 1.82. The second kappa shape index (κ2) is 6.16. The van der Waals surface area contributed by atoms with Gasteiger partial charge in [0.05, 0.1) is 18.7 Å². The van der Waals surface area contributed by atoms with Crippen LogP contribution in [0.3, 0.4) is 0 Å². The summed E-state index contributed by atoms with van der Waals surface area (Å²) < 4.78 is 1.91. The van der Waals surface area contributed by atoms with Crippen molar-refractivity contribution in [3.8, 4) is 0 Å². The van der Waals surface area contributed by atoms with E-state index in [2.05, 4.69) is 21.9 Å². The Hall–Kier alpha value is -1.76. The maximum Gasteiger partial charge on any atom is 0.228 e. The summed E-state index contributed by atoms with van der Waals surface area (Å²) in [6.07, 6.45) is 2.46. The summed E-state index contributed by atoms with van der Waals surface area (Å²) in [5.41, 5.74) is 3.17. The molecule has 0 radical (unpaired) electrons. The van der Waals surface area contributed by atoms with Crippen molar-refractivity contribution in [1.82, 2.24) is 19.6 Å². The molecule has 0 N–H and O–H groups in total. The number of amidine groups is 1. The number of aryl methyl sites for hydroxylation is 2. The summed E-state index contributed by atoms with van der Waals surface area (Å²) >= 11 is 1.62. The van der Waals surface area contributed by atoms with E-state index in [1.54, 1.807) is 16.7 Å². The molecule has 0 unspecified atom stereocenters. The van der Waals surface area contributed by atoms with Crippen LogP contribution in [0.4, 0.5) is 0 Å². The topological polar surface area (TPSA) is 53.7 Å². The van der Waals surface area contributed by atoms with E-state index in [1.807, 2.05) is 30.3 Å². The zero-order chi connectivity index (χ0) is 15.7. The maximum atomic E-state index is 12.5. The van der Waals surface area contributed by atoms with Gasteiger partial charge in [-0.05, 0) is 19.3 Å². The third kappa shape index (κ3) is 2.90. The summed E-state index contributed by atoms with van der Waals surface area (Å²) in [6, 6.07) is 0. The van der Waals surface area contributed by atoms with Gasteiger partial charge in [0, 0.05) is 44.1 Å². The molecule has 0 saturated carbocycles. The van der Waals surface area contributed by atoms with Crippen LogP contribution in [0.15, 0.2) is 22.3 Å². The average Bonchev–Trinajstić information content (AvgIpc) is 3.17. The Morgan fingerprint density at radius 3 is 3.05 bits per heavy atom. The molecule has 0 aromatic carbocycles. The fourth-order valence-electron chi connectivity index (χ4n) is 2.63. The molecule has 22 heavy (non-hydrogen) atoms. The number of rotatable bonds is 5. The molecule has 0 atom stereocenters. The Morgan fingerprint density at radius 2 is 2.32 bits per heavy atom. The van der Waals surface area contributed by atoms with Gasteiger partial charge in [0.1, 0.15) is 0 Å². The summed E-state index contributed by atoms with van der Waals surface area (Å²) in [7, 11) is 1.85. The first kappa shape index (κ1) is 15.1. The second-order valence-electron chi connectivity index (χ2n) is 5.56. The van der Waals surface area contributed by atoms with E-state index in [9.17, 15) is 4.79 Å². The summed E-state index contributed by atoms with van der Waals surface area (Å²) in [5, 5.41) is 7.51. The Morgan fingerprint density at radius 1 is 1.50 bits per heavy atom. The van der Waals surface area contributed by atoms with Crippen molar-refractivity contribution in [3.05, 3.63) is 28.6 Å². The van der Waals surface area contributed by atoms with E-state index in [0.29, 0.717) is 13.0 Å². The lowest BCUT2D eigenvalue weighted by atomic mass is 10.2. The molecule has 0 spiro atoms. The first-order valence-corrected chi connectivity index (χ1v) is 8.41. The van der Waals surface area contributed by atoms with Crippen molar-refractivity contribution < 1.29 is 4.79 Å². The minimum absolute atomic E-state index is 0.128. The highest BCUT2D eigenvalue weighted by Crippen LogP contribution is 2.31. The van der Waals surface area contributed by atoms with Gasteiger partial charge in [-0.1, -0.05) is 11.8 Å². The van der Waals surface area contributed by atoms with Gasteiger partial charge in [0.15, 0.2) is 5.17 Å². The first-order chi connectivity index (χ1) is 10.6. The highest BCUT2D eigenvalue weighted by molar-refractivity contribution is 8.16. The van der Waals surface area contributed by atoms with Crippen LogP contribution in [-0.2, 0) is 17.9 Å². The molecule has 2 aliphatic heterocycles. The Balaban J connectivity index is 1.60. The number of hydrogen-bond acceptors (Lipinski definition) is 5. The van der Waals surface area contributed by atoms with Gasteiger partial charge >= 0.3 is 0 Å². The Kier molecular flexibility index (Phi) is 4.24. The highest BCUT2D eigenvalue weighted by atomic mass is 32.2. The quantitative estimate of drug-likeness (QED) is 0.831. The number of amides is 1. The number of aromatic nitrogens is 2. The van der Waals surface area contributed by atoms with E-state index >= 15 is 0 Å². The monoisotopic (exact) mass is 319 g/mol. The van der Waals surface area contributed by atoms with E-state index in [-0.39, 0.29) is 5.91 Å². The number of thioether (sulfide) groups is 1. The molecule has 0 fully saturated rings. The molecule has 3 rings (SSSR count). The van der Waals surface area contributed by atoms with E-state index in [1.165, 1.54) is 0 Å². The van der Waals surface area contributed by atoms with E-state index in [4.69, 9.17) is 0 Å². The summed E-state index contributed by atoms with van der Waals surface area (Å²) in [4.78, 5) is 20.8. The first-order valence-electron chi connectivity index (χ1n) is 7.53. The lowest BCUT2D eigenvalue weighted by Crippen LogP contribution is -2.30. The van der Waals surface area contributed by atoms with Gasteiger partial charge < -0.3 is 9.80 Å². The van der Waals surface area contributed by atoms with E-state index < -0.39 is 0 Å². The fraction of sp³-hybridized carbons (Fsp3) is 0.533. The number of carbonyl (C=O) groups excluding carboxylic acids is 1. The fourth-order valence-corrected chi connectivity index (χ4v) is 3.58.